The molecule has 0 bridgehead atoms. The maximum absolute atomic E-state index is 11.7. The van der Waals surface area contributed by atoms with Crippen LogP contribution in [-0.4, -0.2) is 37.0 Å². The molecule has 1 heterocycles. The molecule has 2 aliphatic rings. The monoisotopic (exact) mass is 254 g/mol. The van der Waals surface area contributed by atoms with Crippen LogP contribution >= 0.6 is 0 Å². The van der Waals surface area contributed by atoms with Gasteiger partial charge in [-0.2, -0.15) is 0 Å². The zero-order chi connectivity index (χ0) is 13.1. The molecule has 0 aromatic heterocycles. The molecule has 1 unspecified atom stereocenters. The van der Waals surface area contributed by atoms with Crippen molar-refractivity contribution in [2.24, 2.45) is 0 Å². The Hall–Kier alpha value is -0.870. The minimum Gasteiger partial charge on any atom is -0.463 e. The Morgan fingerprint density at radius 3 is 2.78 bits per heavy atom. The molecule has 4 nitrogen and oxygen atoms in total. The molecule has 4 heteroatoms. The molecule has 1 fully saturated rings. The Morgan fingerprint density at radius 1 is 1.44 bits per heavy atom. The van der Waals surface area contributed by atoms with Crippen molar-refractivity contribution in [3.8, 4) is 0 Å². The lowest BCUT2D eigenvalue weighted by molar-refractivity contribution is -0.138. The van der Waals surface area contributed by atoms with E-state index < -0.39 is 0 Å². The number of carbonyl (C=O) groups is 1. The molecule has 0 aromatic rings. The highest BCUT2D eigenvalue weighted by atomic mass is 16.6. The van der Waals surface area contributed by atoms with Crippen LogP contribution in [0.15, 0.2) is 11.6 Å². The van der Waals surface area contributed by atoms with Gasteiger partial charge in [-0.3, -0.25) is 0 Å². The van der Waals surface area contributed by atoms with Gasteiger partial charge in [0.25, 0.3) is 0 Å². The van der Waals surface area contributed by atoms with Gasteiger partial charge in [-0.15, -0.1) is 0 Å². The van der Waals surface area contributed by atoms with Gasteiger partial charge in [0.15, 0.2) is 0 Å². The number of ether oxygens (including phenoxy) is 3. The SMILES string of the molecule is CCOC(=O)C1=C[C@@H](OC(CC)CC)[C@@H]2OC2C1. The zero-order valence-electron chi connectivity index (χ0n) is 11.3. The maximum Gasteiger partial charge on any atom is 0.333 e. The van der Waals surface area contributed by atoms with Crippen LogP contribution in [0.1, 0.15) is 40.0 Å². The van der Waals surface area contributed by atoms with E-state index in [2.05, 4.69) is 13.8 Å². The van der Waals surface area contributed by atoms with Crippen LogP contribution < -0.4 is 0 Å². The van der Waals surface area contributed by atoms with E-state index >= 15 is 0 Å². The lowest BCUT2D eigenvalue weighted by Crippen LogP contribution is -2.30. The van der Waals surface area contributed by atoms with Gasteiger partial charge in [0, 0.05) is 12.0 Å². The molecule has 102 valence electrons. The predicted molar refractivity (Wildman–Crippen MR) is 67.2 cm³/mol. The van der Waals surface area contributed by atoms with Crippen molar-refractivity contribution in [3.05, 3.63) is 11.6 Å². The Kier molecular flexibility index (Phi) is 4.40. The van der Waals surface area contributed by atoms with E-state index in [4.69, 9.17) is 14.2 Å². The first kappa shape index (κ1) is 13.6. The minimum absolute atomic E-state index is 0.0898. The van der Waals surface area contributed by atoms with Crippen LogP contribution in [0, 0.1) is 0 Å². The fourth-order valence-electron chi connectivity index (χ4n) is 2.38. The Morgan fingerprint density at radius 2 is 2.17 bits per heavy atom. The van der Waals surface area contributed by atoms with Gasteiger partial charge >= 0.3 is 5.97 Å². The molecule has 1 aliphatic heterocycles. The molecule has 18 heavy (non-hydrogen) atoms. The van der Waals surface area contributed by atoms with Crippen molar-refractivity contribution in [3.63, 3.8) is 0 Å². The lowest BCUT2D eigenvalue weighted by atomic mass is 9.97. The van der Waals surface area contributed by atoms with Gasteiger partial charge in [0.2, 0.25) is 0 Å². The summed E-state index contributed by atoms with van der Waals surface area (Å²) in [6.45, 7) is 6.44. The van der Waals surface area contributed by atoms with Crippen LogP contribution in [0.25, 0.3) is 0 Å². The quantitative estimate of drug-likeness (QED) is 0.538. The zero-order valence-corrected chi connectivity index (χ0v) is 11.3. The Labute approximate surface area is 108 Å². The molecule has 0 saturated carbocycles. The second kappa shape index (κ2) is 5.85. The van der Waals surface area contributed by atoms with E-state index in [1.807, 2.05) is 13.0 Å². The van der Waals surface area contributed by atoms with Crippen LogP contribution in [-0.2, 0) is 19.0 Å². The average Bonchev–Trinajstić information content (AvgIpc) is 3.15. The van der Waals surface area contributed by atoms with Crippen molar-refractivity contribution >= 4 is 5.97 Å². The summed E-state index contributed by atoms with van der Waals surface area (Å²) in [5.74, 6) is -0.232. The summed E-state index contributed by atoms with van der Waals surface area (Å²) < 4.78 is 16.6. The average molecular weight is 254 g/mol. The Balaban J connectivity index is 2.00. The van der Waals surface area contributed by atoms with Gasteiger partial charge in [-0.1, -0.05) is 13.8 Å². The summed E-state index contributed by atoms with van der Waals surface area (Å²) >= 11 is 0. The number of esters is 1. The number of fused-ring (bicyclic) bond motifs is 1. The van der Waals surface area contributed by atoms with Crippen LogP contribution in [0.2, 0.25) is 0 Å². The summed E-state index contributed by atoms with van der Waals surface area (Å²) in [5, 5.41) is 0. The molecule has 0 N–H and O–H groups in total. The summed E-state index contributed by atoms with van der Waals surface area (Å²) in [6, 6.07) is 0. The predicted octanol–water partition coefficient (Wildman–Crippen LogP) is 2.22. The van der Waals surface area contributed by atoms with Crippen molar-refractivity contribution in [1.82, 2.24) is 0 Å². The van der Waals surface area contributed by atoms with E-state index in [-0.39, 0.29) is 30.4 Å². The maximum atomic E-state index is 11.7. The molecule has 0 spiro atoms. The standard InChI is InChI=1S/C14H22O4/c1-4-10(5-2)17-11-7-9(14(15)16-6-3)8-12-13(11)18-12/h7,10-13H,4-6,8H2,1-3H3/t11-,12?,13+/m1/s1. The van der Waals surface area contributed by atoms with Crippen molar-refractivity contribution in [2.75, 3.05) is 6.61 Å². The van der Waals surface area contributed by atoms with Gasteiger partial charge < -0.3 is 14.2 Å². The van der Waals surface area contributed by atoms with E-state index in [0.717, 1.165) is 12.8 Å². The third-order valence-electron chi connectivity index (χ3n) is 3.53. The first-order valence-corrected chi connectivity index (χ1v) is 6.88. The van der Waals surface area contributed by atoms with Crippen molar-refractivity contribution in [2.45, 2.75) is 64.4 Å². The van der Waals surface area contributed by atoms with E-state index in [1.54, 1.807) is 0 Å². The molecule has 0 amide bonds. The van der Waals surface area contributed by atoms with E-state index in [0.29, 0.717) is 18.6 Å². The second-order valence-electron chi connectivity index (χ2n) is 4.79. The molecular formula is C14H22O4. The van der Waals surface area contributed by atoms with Gasteiger partial charge in [-0.05, 0) is 25.8 Å². The molecule has 0 aromatic carbocycles. The Bertz CT molecular complexity index is 333. The normalized spacial score (nSPS) is 29.8. The third-order valence-corrected chi connectivity index (χ3v) is 3.53. The smallest absolute Gasteiger partial charge is 0.333 e. The highest BCUT2D eigenvalue weighted by Crippen LogP contribution is 2.38. The number of rotatable bonds is 6. The van der Waals surface area contributed by atoms with Crippen molar-refractivity contribution in [1.29, 1.82) is 0 Å². The van der Waals surface area contributed by atoms with Crippen LogP contribution in [0.4, 0.5) is 0 Å². The largest absolute Gasteiger partial charge is 0.463 e. The summed E-state index contributed by atoms with van der Waals surface area (Å²) in [4.78, 5) is 11.7. The highest BCUT2D eigenvalue weighted by Gasteiger charge is 2.49. The van der Waals surface area contributed by atoms with Crippen LogP contribution in [0.3, 0.4) is 0 Å². The first-order valence-electron chi connectivity index (χ1n) is 6.88. The van der Waals surface area contributed by atoms with E-state index in [1.165, 1.54) is 0 Å². The van der Waals surface area contributed by atoms with Gasteiger partial charge in [0.05, 0.1) is 18.8 Å². The second-order valence-corrected chi connectivity index (χ2v) is 4.79. The first-order chi connectivity index (χ1) is 8.69. The molecule has 3 atom stereocenters. The fraction of sp³-hybridized carbons (Fsp3) is 0.786. The third kappa shape index (κ3) is 2.93. The molecule has 0 radical (unpaired) electrons. The topological polar surface area (TPSA) is 48.1 Å². The fourth-order valence-corrected chi connectivity index (χ4v) is 2.38. The molecule has 1 aliphatic carbocycles. The van der Waals surface area contributed by atoms with E-state index in [9.17, 15) is 4.79 Å². The highest BCUT2D eigenvalue weighted by molar-refractivity contribution is 5.89. The molecular weight excluding hydrogens is 232 g/mol. The lowest BCUT2D eigenvalue weighted by Gasteiger charge is -2.22. The summed E-state index contributed by atoms with van der Waals surface area (Å²) in [7, 11) is 0. The molecule has 2 rings (SSSR count). The number of carbonyl (C=O) groups excluding carboxylic acids is 1. The van der Waals surface area contributed by atoms with Gasteiger partial charge in [-0.25, -0.2) is 4.79 Å². The van der Waals surface area contributed by atoms with Crippen LogP contribution in [0.5, 0.6) is 0 Å². The minimum atomic E-state index is -0.232. The number of hydrogen-bond acceptors (Lipinski definition) is 4. The summed E-state index contributed by atoms with van der Waals surface area (Å²) in [6.07, 6.45) is 4.94. The number of epoxide rings is 1. The van der Waals surface area contributed by atoms with Crippen molar-refractivity contribution < 1.29 is 19.0 Å². The summed E-state index contributed by atoms with van der Waals surface area (Å²) in [5.41, 5.74) is 0.701. The molecule has 1 saturated heterocycles. The van der Waals surface area contributed by atoms with Gasteiger partial charge in [0.1, 0.15) is 12.2 Å². The number of hydrogen-bond donors (Lipinski definition) is 0.